The molecule has 2 saturated carbocycles. The lowest BCUT2D eigenvalue weighted by Gasteiger charge is -2.45. The van der Waals surface area contributed by atoms with Crippen molar-refractivity contribution in [3.63, 3.8) is 0 Å². The number of rotatable bonds is 5. The fourth-order valence-electron chi connectivity index (χ4n) is 5.65. The van der Waals surface area contributed by atoms with Crippen LogP contribution in [0.15, 0.2) is 0 Å². The second-order valence-electron chi connectivity index (χ2n) is 8.35. The van der Waals surface area contributed by atoms with E-state index < -0.39 is 0 Å². The van der Waals surface area contributed by atoms with Crippen LogP contribution in [0.2, 0.25) is 0 Å². The second-order valence-corrected chi connectivity index (χ2v) is 8.35. The summed E-state index contributed by atoms with van der Waals surface area (Å²) in [5, 5.41) is 3.70. The molecule has 21 heavy (non-hydrogen) atoms. The van der Waals surface area contributed by atoms with Crippen molar-refractivity contribution in [3.05, 3.63) is 0 Å². The number of hydrogen-bond acceptors (Lipinski definition) is 2. The minimum Gasteiger partial charge on any atom is -0.316 e. The Balaban J connectivity index is 1.66. The quantitative estimate of drug-likeness (QED) is 0.822. The van der Waals surface area contributed by atoms with Gasteiger partial charge in [0.25, 0.3) is 0 Å². The molecule has 1 saturated heterocycles. The molecular formula is C19H36N2. The molecule has 0 aromatic heterocycles. The zero-order valence-electron chi connectivity index (χ0n) is 14.4. The first kappa shape index (κ1) is 15.8. The van der Waals surface area contributed by atoms with Crippen molar-refractivity contribution in [2.75, 3.05) is 26.2 Å². The van der Waals surface area contributed by atoms with Crippen molar-refractivity contribution in [3.8, 4) is 0 Å². The Morgan fingerprint density at radius 3 is 2.76 bits per heavy atom. The van der Waals surface area contributed by atoms with Crippen LogP contribution in [-0.4, -0.2) is 37.1 Å². The number of nitrogens with zero attached hydrogens (tertiary/aromatic N) is 1. The summed E-state index contributed by atoms with van der Waals surface area (Å²) in [5.41, 5.74) is 0.569. The Morgan fingerprint density at radius 1 is 1.10 bits per heavy atom. The van der Waals surface area contributed by atoms with E-state index >= 15 is 0 Å². The molecule has 4 unspecified atom stereocenters. The van der Waals surface area contributed by atoms with Crippen molar-refractivity contribution in [2.24, 2.45) is 17.3 Å². The Kier molecular flexibility index (Phi) is 5.27. The summed E-state index contributed by atoms with van der Waals surface area (Å²) >= 11 is 0. The summed E-state index contributed by atoms with van der Waals surface area (Å²) in [6, 6.07) is 0.939. The molecule has 3 aliphatic rings. The van der Waals surface area contributed by atoms with E-state index in [2.05, 4.69) is 24.1 Å². The molecule has 0 spiro atoms. The zero-order chi connectivity index (χ0) is 14.7. The van der Waals surface area contributed by atoms with Gasteiger partial charge in [-0.15, -0.1) is 0 Å². The fourth-order valence-corrected chi connectivity index (χ4v) is 5.65. The summed E-state index contributed by atoms with van der Waals surface area (Å²) in [6.07, 6.45) is 13.3. The van der Waals surface area contributed by atoms with Gasteiger partial charge in [-0.2, -0.15) is 0 Å². The Hall–Kier alpha value is -0.0800. The van der Waals surface area contributed by atoms with Gasteiger partial charge in [0.15, 0.2) is 0 Å². The van der Waals surface area contributed by atoms with Crippen molar-refractivity contribution in [1.82, 2.24) is 10.2 Å². The smallest absolute Gasteiger partial charge is 0.0124 e. The van der Waals surface area contributed by atoms with Gasteiger partial charge in [0.2, 0.25) is 0 Å². The molecule has 1 heterocycles. The number of likely N-dealkylation sites (tertiary alicyclic amines) is 1. The van der Waals surface area contributed by atoms with E-state index in [1.165, 1.54) is 77.4 Å². The maximum Gasteiger partial charge on any atom is 0.0124 e. The van der Waals surface area contributed by atoms with Crippen LogP contribution in [0.5, 0.6) is 0 Å². The first-order valence-electron chi connectivity index (χ1n) is 9.67. The maximum absolute atomic E-state index is 3.70. The summed E-state index contributed by atoms with van der Waals surface area (Å²) in [4.78, 5) is 2.92. The van der Waals surface area contributed by atoms with Gasteiger partial charge >= 0.3 is 0 Å². The van der Waals surface area contributed by atoms with E-state index in [0.717, 1.165) is 24.4 Å². The van der Waals surface area contributed by atoms with Crippen LogP contribution in [0, 0.1) is 17.3 Å². The lowest BCUT2D eigenvalue weighted by Crippen LogP contribution is -2.48. The molecule has 0 radical (unpaired) electrons. The zero-order valence-corrected chi connectivity index (χ0v) is 14.4. The second kappa shape index (κ2) is 7.00. The molecule has 122 valence electrons. The van der Waals surface area contributed by atoms with Gasteiger partial charge in [-0.1, -0.05) is 39.5 Å². The van der Waals surface area contributed by atoms with Gasteiger partial charge < -0.3 is 5.32 Å². The predicted molar refractivity (Wildman–Crippen MR) is 90.5 cm³/mol. The molecule has 0 aromatic rings. The minimum absolute atomic E-state index is 0.569. The van der Waals surface area contributed by atoms with Crippen LogP contribution in [-0.2, 0) is 0 Å². The van der Waals surface area contributed by atoms with Crippen LogP contribution in [0.3, 0.4) is 0 Å². The van der Waals surface area contributed by atoms with Crippen LogP contribution in [0.25, 0.3) is 0 Å². The molecule has 0 bridgehead atoms. The van der Waals surface area contributed by atoms with Gasteiger partial charge in [-0.05, 0) is 62.4 Å². The summed E-state index contributed by atoms with van der Waals surface area (Å²) < 4.78 is 0. The fraction of sp³-hybridized carbons (Fsp3) is 1.00. The van der Waals surface area contributed by atoms with Gasteiger partial charge in [0.1, 0.15) is 0 Å². The van der Waals surface area contributed by atoms with E-state index in [-0.39, 0.29) is 0 Å². The molecule has 3 rings (SSSR count). The third-order valence-corrected chi connectivity index (χ3v) is 6.60. The first-order chi connectivity index (χ1) is 10.2. The van der Waals surface area contributed by atoms with Gasteiger partial charge in [-0.25, -0.2) is 0 Å². The average Bonchev–Trinajstić information content (AvgIpc) is 2.89. The number of fused-ring (bicyclic) bond motifs is 1. The van der Waals surface area contributed by atoms with E-state index in [0.29, 0.717) is 5.41 Å². The highest BCUT2D eigenvalue weighted by molar-refractivity contribution is 4.96. The Labute approximate surface area is 132 Å². The molecule has 1 aliphatic heterocycles. The molecule has 4 atom stereocenters. The third kappa shape index (κ3) is 3.64. The highest BCUT2D eigenvalue weighted by Gasteiger charge is 2.42. The summed E-state index contributed by atoms with van der Waals surface area (Å²) in [6.45, 7) is 9.88. The standard InChI is InChI=1S/C19H36N2/c1-3-20-14-19(11-6-7-16(2)13-19)15-21-12-10-17-8-4-5-9-18(17)21/h16-18,20H,3-15H2,1-2H3. The highest BCUT2D eigenvalue weighted by atomic mass is 15.2. The van der Waals surface area contributed by atoms with Crippen molar-refractivity contribution < 1.29 is 0 Å². The molecule has 2 heteroatoms. The minimum atomic E-state index is 0.569. The topological polar surface area (TPSA) is 15.3 Å². The Bertz CT molecular complexity index is 330. The van der Waals surface area contributed by atoms with Gasteiger partial charge in [0, 0.05) is 19.1 Å². The average molecular weight is 293 g/mol. The number of hydrogen-bond donors (Lipinski definition) is 1. The molecule has 0 aromatic carbocycles. The predicted octanol–water partition coefficient (Wildman–Crippen LogP) is 4.06. The van der Waals surface area contributed by atoms with Crippen LogP contribution < -0.4 is 5.32 Å². The van der Waals surface area contributed by atoms with Crippen LogP contribution in [0.4, 0.5) is 0 Å². The first-order valence-corrected chi connectivity index (χ1v) is 9.67. The monoisotopic (exact) mass is 292 g/mol. The highest BCUT2D eigenvalue weighted by Crippen LogP contribution is 2.43. The SMILES string of the molecule is CCNCC1(CN2CCC3CCCCC32)CCCC(C)C1. The molecular weight excluding hydrogens is 256 g/mol. The largest absolute Gasteiger partial charge is 0.316 e. The van der Waals surface area contributed by atoms with Gasteiger partial charge in [0.05, 0.1) is 0 Å². The van der Waals surface area contributed by atoms with Crippen molar-refractivity contribution >= 4 is 0 Å². The van der Waals surface area contributed by atoms with Crippen molar-refractivity contribution in [2.45, 2.75) is 77.7 Å². The lowest BCUT2D eigenvalue weighted by molar-refractivity contribution is 0.0614. The van der Waals surface area contributed by atoms with E-state index in [4.69, 9.17) is 0 Å². The summed E-state index contributed by atoms with van der Waals surface area (Å²) in [5.74, 6) is 1.97. The molecule has 2 nitrogen and oxygen atoms in total. The van der Waals surface area contributed by atoms with Crippen LogP contribution in [0.1, 0.15) is 71.6 Å². The van der Waals surface area contributed by atoms with E-state index in [1.54, 1.807) is 0 Å². The van der Waals surface area contributed by atoms with Gasteiger partial charge in [-0.3, -0.25) is 4.90 Å². The molecule has 0 amide bonds. The normalized spacial score (nSPS) is 41.1. The maximum atomic E-state index is 3.70. The Morgan fingerprint density at radius 2 is 1.95 bits per heavy atom. The number of nitrogens with one attached hydrogen (secondary N) is 1. The molecule has 2 aliphatic carbocycles. The van der Waals surface area contributed by atoms with E-state index in [1.807, 2.05) is 0 Å². The van der Waals surface area contributed by atoms with Crippen molar-refractivity contribution in [1.29, 1.82) is 0 Å². The lowest BCUT2D eigenvalue weighted by atomic mass is 9.69. The van der Waals surface area contributed by atoms with E-state index in [9.17, 15) is 0 Å². The molecule has 3 fully saturated rings. The third-order valence-electron chi connectivity index (χ3n) is 6.60. The molecule has 1 N–H and O–H groups in total. The van der Waals surface area contributed by atoms with Crippen LogP contribution >= 0.6 is 0 Å². The summed E-state index contributed by atoms with van der Waals surface area (Å²) in [7, 11) is 0.